The van der Waals surface area contributed by atoms with Gasteiger partial charge < -0.3 is 10.0 Å². The number of piperidine rings is 1. The molecular weight excluding hydrogens is 292 g/mol. The number of carboxylic acid groups (broad SMARTS) is 1. The van der Waals surface area contributed by atoms with Gasteiger partial charge in [-0.15, -0.1) is 0 Å². The van der Waals surface area contributed by atoms with Crippen LogP contribution in [0.4, 0.5) is 5.69 Å². The van der Waals surface area contributed by atoms with Crippen molar-refractivity contribution in [2.45, 2.75) is 30.6 Å². The Morgan fingerprint density at radius 3 is 2.48 bits per heavy atom. The average Bonchev–Trinajstić information content (AvgIpc) is 2.45. The second-order valence-corrected chi connectivity index (χ2v) is 6.91. The first kappa shape index (κ1) is 15.8. The number of sulfonamides is 1. The molecule has 1 aromatic rings. The highest BCUT2D eigenvalue weighted by atomic mass is 32.2. The number of aliphatic carboxylic acids is 1. The Labute approximate surface area is 124 Å². The van der Waals surface area contributed by atoms with Crippen LogP contribution in [0.3, 0.4) is 0 Å². The van der Waals surface area contributed by atoms with E-state index in [4.69, 9.17) is 10.2 Å². The van der Waals surface area contributed by atoms with Crippen LogP contribution in [-0.2, 0) is 14.8 Å². The van der Waals surface area contributed by atoms with Gasteiger partial charge in [-0.05, 0) is 37.3 Å². The first-order valence-corrected chi connectivity index (χ1v) is 8.51. The molecule has 0 saturated carbocycles. The van der Waals surface area contributed by atoms with E-state index in [1.165, 1.54) is 6.07 Å². The van der Waals surface area contributed by atoms with Gasteiger partial charge in [0.25, 0.3) is 0 Å². The van der Waals surface area contributed by atoms with Gasteiger partial charge in [0.2, 0.25) is 10.0 Å². The molecule has 0 unspecified atom stereocenters. The van der Waals surface area contributed by atoms with E-state index in [0.29, 0.717) is 18.0 Å². The molecule has 1 aromatic carbocycles. The van der Waals surface area contributed by atoms with Gasteiger partial charge in [0.15, 0.2) is 0 Å². The molecule has 21 heavy (non-hydrogen) atoms. The van der Waals surface area contributed by atoms with Crippen molar-refractivity contribution in [3.05, 3.63) is 24.3 Å². The summed E-state index contributed by atoms with van der Waals surface area (Å²) in [5.41, 5.74) is 0.636. The fourth-order valence-electron chi connectivity index (χ4n) is 2.75. The molecule has 1 aliphatic rings. The number of anilines is 1. The highest BCUT2D eigenvalue weighted by molar-refractivity contribution is 7.89. The minimum Gasteiger partial charge on any atom is -0.481 e. The summed E-state index contributed by atoms with van der Waals surface area (Å²) in [6.07, 6.45) is 2.61. The predicted octanol–water partition coefficient (Wildman–Crippen LogP) is 1.42. The fourth-order valence-corrected chi connectivity index (χ4v) is 3.51. The third-order valence-electron chi connectivity index (χ3n) is 3.89. The van der Waals surface area contributed by atoms with E-state index < -0.39 is 16.0 Å². The van der Waals surface area contributed by atoms with Crippen molar-refractivity contribution < 1.29 is 18.3 Å². The average molecular weight is 312 g/mol. The van der Waals surface area contributed by atoms with Crippen LogP contribution in [0.2, 0.25) is 0 Å². The molecule has 0 amide bonds. The lowest BCUT2D eigenvalue weighted by atomic mass is 9.92. The van der Waals surface area contributed by atoms with Crippen LogP contribution in [0.5, 0.6) is 0 Å². The van der Waals surface area contributed by atoms with Crippen LogP contribution in [0, 0.1) is 5.92 Å². The molecule has 7 heteroatoms. The maximum absolute atomic E-state index is 11.6. The largest absolute Gasteiger partial charge is 0.481 e. The molecule has 0 aromatic heterocycles. The molecule has 0 atom stereocenters. The lowest BCUT2D eigenvalue weighted by Crippen LogP contribution is -2.35. The minimum absolute atomic E-state index is 0.147. The number of nitrogens with zero attached hydrogens (tertiary/aromatic N) is 1. The number of carbonyl (C=O) groups is 1. The van der Waals surface area contributed by atoms with Crippen molar-refractivity contribution in [3.63, 3.8) is 0 Å². The number of carboxylic acids is 1. The summed E-state index contributed by atoms with van der Waals surface area (Å²) in [6.45, 7) is 1.44. The Bertz CT molecular complexity index is 607. The molecule has 0 radical (unpaired) electrons. The molecular formula is C14H20N2O4S. The van der Waals surface area contributed by atoms with Gasteiger partial charge in [0.1, 0.15) is 4.90 Å². The normalized spacial score (nSPS) is 16.9. The third-order valence-corrected chi connectivity index (χ3v) is 4.85. The van der Waals surface area contributed by atoms with Crippen molar-refractivity contribution in [1.82, 2.24) is 0 Å². The van der Waals surface area contributed by atoms with Crippen LogP contribution in [0.15, 0.2) is 29.2 Å². The first-order valence-electron chi connectivity index (χ1n) is 6.96. The summed E-state index contributed by atoms with van der Waals surface area (Å²) in [7, 11) is -3.74. The molecule has 1 heterocycles. The zero-order valence-corrected chi connectivity index (χ0v) is 12.6. The zero-order valence-electron chi connectivity index (χ0n) is 11.7. The van der Waals surface area contributed by atoms with Crippen LogP contribution >= 0.6 is 0 Å². The molecule has 1 aliphatic heterocycles. The van der Waals surface area contributed by atoms with E-state index in [1.54, 1.807) is 18.2 Å². The molecule has 0 spiro atoms. The smallest absolute Gasteiger partial charge is 0.303 e. The molecule has 1 fully saturated rings. The Balaban J connectivity index is 2.05. The van der Waals surface area contributed by atoms with Crippen LogP contribution in [-0.4, -0.2) is 32.6 Å². The highest BCUT2D eigenvalue weighted by Gasteiger charge is 2.23. The van der Waals surface area contributed by atoms with Gasteiger partial charge in [0, 0.05) is 19.5 Å². The standard InChI is InChI=1S/C14H20N2O4S/c15-21(19,20)13-4-2-1-3-12(13)16-9-7-11(8-10-16)5-6-14(17)18/h1-4,11H,5-10H2,(H,17,18)(H2,15,19,20). The highest BCUT2D eigenvalue weighted by Crippen LogP contribution is 2.29. The minimum atomic E-state index is -3.74. The Morgan fingerprint density at radius 1 is 1.29 bits per heavy atom. The molecule has 3 N–H and O–H groups in total. The van der Waals surface area contributed by atoms with Gasteiger partial charge in [-0.1, -0.05) is 12.1 Å². The zero-order chi connectivity index (χ0) is 15.5. The van der Waals surface area contributed by atoms with Crippen molar-refractivity contribution in [1.29, 1.82) is 0 Å². The van der Waals surface area contributed by atoms with E-state index in [1.807, 2.05) is 4.90 Å². The molecule has 6 nitrogen and oxygen atoms in total. The lowest BCUT2D eigenvalue weighted by Gasteiger charge is -2.34. The summed E-state index contributed by atoms with van der Waals surface area (Å²) in [6, 6.07) is 6.72. The second-order valence-electron chi connectivity index (χ2n) is 5.38. The SMILES string of the molecule is NS(=O)(=O)c1ccccc1N1CCC(CCC(=O)O)CC1. The Kier molecular flexibility index (Phi) is 4.84. The van der Waals surface area contributed by atoms with Gasteiger partial charge in [-0.25, -0.2) is 13.6 Å². The molecule has 0 aliphatic carbocycles. The number of nitrogens with two attached hydrogens (primary N) is 1. The number of para-hydroxylation sites is 1. The number of benzene rings is 1. The maximum atomic E-state index is 11.6. The van der Waals surface area contributed by atoms with Crippen LogP contribution < -0.4 is 10.0 Å². The van der Waals surface area contributed by atoms with E-state index >= 15 is 0 Å². The van der Waals surface area contributed by atoms with E-state index in [9.17, 15) is 13.2 Å². The fraction of sp³-hybridized carbons (Fsp3) is 0.500. The molecule has 0 bridgehead atoms. The van der Waals surface area contributed by atoms with E-state index in [2.05, 4.69) is 0 Å². The Morgan fingerprint density at radius 2 is 1.90 bits per heavy atom. The van der Waals surface area contributed by atoms with Gasteiger partial charge in [-0.3, -0.25) is 4.79 Å². The summed E-state index contributed by atoms with van der Waals surface area (Å²) < 4.78 is 23.2. The van der Waals surface area contributed by atoms with Gasteiger partial charge >= 0.3 is 5.97 Å². The summed E-state index contributed by atoms with van der Waals surface area (Å²) in [4.78, 5) is 12.7. The monoisotopic (exact) mass is 312 g/mol. The number of hydrogen-bond donors (Lipinski definition) is 2. The number of hydrogen-bond acceptors (Lipinski definition) is 4. The van der Waals surface area contributed by atoms with Crippen LogP contribution in [0.25, 0.3) is 0 Å². The summed E-state index contributed by atoms with van der Waals surface area (Å²) in [5.74, 6) is -0.379. The number of rotatable bonds is 5. The van der Waals surface area contributed by atoms with Gasteiger partial charge in [-0.2, -0.15) is 0 Å². The molecule has 1 saturated heterocycles. The van der Waals surface area contributed by atoms with Crippen molar-refractivity contribution in [3.8, 4) is 0 Å². The van der Waals surface area contributed by atoms with Crippen molar-refractivity contribution >= 4 is 21.7 Å². The maximum Gasteiger partial charge on any atom is 0.303 e. The third kappa shape index (κ3) is 4.18. The number of primary sulfonamides is 1. The van der Waals surface area contributed by atoms with Crippen molar-refractivity contribution in [2.75, 3.05) is 18.0 Å². The van der Waals surface area contributed by atoms with Gasteiger partial charge in [0.05, 0.1) is 5.69 Å². The quantitative estimate of drug-likeness (QED) is 0.856. The summed E-state index contributed by atoms with van der Waals surface area (Å²) in [5, 5.41) is 14.0. The molecule has 116 valence electrons. The molecule has 2 rings (SSSR count). The second kappa shape index (κ2) is 6.44. The Hall–Kier alpha value is -1.60. The van der Waals surface area contributed by atoms with Crippen LogP contribution in [0.1, 0.15) is 25.7 Å². The van der Waals surface area contributed by atoms with E-state index in [-0.39, 0.29) is 11.3 Å². The van der Waals surface area contributed by atoms with Crippen molar-refractivity contribution in [2.24, 2.45) is 11.1 Å². The topological polar surface area (TPSA) is 101 Å². The lowest BCUT2D eigenvalue weighted by molar-refractivity contribution is -0.137. The van der Waals surface area contributed by atoms with E-state index in [0.717, 1.165) is 25.9 Å². The predicted molar refractivity (Wildman–Crippen MR) is 79.6 cm³/mol. The first-order chi connectivity index (χ1) is 9.88. The summed E-state index contributed by atoms with van der Waals surface area (Å²) >= 11 is 0.